The number of aryl methyl sites for hydroxylation is 1. The normalized spacial score (nSPS) is 20.6. The van der Waals surface area contributed by atoms with E-state index < -0.39 is 0 Å². The quantitative estimate of drug-likeness (QED) is 0.899. The SMILES string of the molecule is Cc1ccc([C@H](C2CC2)N2CCNCC2)c(O)c1.Cl.Cl. The molecule has 5 heteroatoms. The minimum atomic E-state index is 0. The predicted octanol–water partition coefficient (Wildman–Crippen LogP) is 2.90. The summed E-state index contributed by atoms with van der Waals surface area (Å²) in [4.78, 5) is 2.54. The number of halogens is 2. The molecule has 2 fully saturated rings. The van der Waals surface area contributed by atoms with Crippen molar-refractivity contribution in [3.05, 3.63) is 29.3 Å². The third-order valence-electron chi connectivity index (χ3n) is 4.12. The van der Waals surface area contributed by atoms with Gasteiger partial charge in [-0.1, -0.05) is 12.1 Å². The van der Waals surface area contributed by atoms with Crippen LogP contribution in [0.15, 0.2) is 18.2 Å². The standard InChI is InChI=1S/C15H22N2O.2ClH/c1-11-2-5-13(14(18)10-11)15(12-3-4-12)17-8-6-16-7-9-17;;/h2,5,10,12,15-16,18H,3-4,6-9H2,1H3;2*1H/t15-;;/m0../s1. The summed E-state index contributed by atoms with van der Waals surface area (Å²) >= 11 is 0. The van der Waals surface area contributed by atoms with Crippen molar-refractivity contribution in [3.8, 4) is 5.75 Å². The van der Waals surface area contributed by atoms with E-state index in [4.69, 9.17) is 0 Å². The van der Waals surface area contributed by atoms with Crippen molar-refractivity contribution >= 4 is 24.8 Å². The molecule has 2 N–H and O–H groups in total. The van der Waals surface area contributed by atoms with Crippen molar-refractivity contribution < 1.29 is 5.11 Å². The molecule has 1 heterocycles. The molecule has 3 nitrogen and oxygen atoms in total. The Morgan fingerprint density at radius 2 is 1.85 bits per heavy atom. The summed E-state index contributed by atoms with van der Waals surface area (Å²) in [6, 6.07) is 6.56. The van der Waals surface area contributed by atoms with Crippen LogP contribution in [-0.2, 0) is 0 Å². The Balaban J connectivity index is 0.000001000. The van der Waals surface area contributed by atoms with E-state index in [2.05, 4.69) is 22.3 Å². The first kappa shape index (κ1) is 17.6. The Bertz CT molecular complexity index is 432. The Morgan fingerprint density at radius 3 is 2.40 bits per heavy atom. The number of rotatable bonds is 3. The van der Waals surface area contributed by atoms with Crippen LogP contribution in [0, 0.1) is 12.8 Å². The first-order valence-corrected chi connectivity index (χ1v) is 7.00. The second kappa shape index (κ2) is 7.51. The van der Waals surface area contributed by atoms with Crippen molar-refractivity contribution in [2.24, 2.45) is 5.92 Å². The molecule has 1 saturated carbocycles. The number of piperazine rings is 1. The van der Waals surface area contributed by atoms with Crippen LogP contribution in [0.5, 0.6) is 5.75 Å². The molecule has 1 aliphatic heterocycles. The molecule has 0 amide bonds. The van der Waals surface area contributed by atoms with Crippen LogP contribution in [-0.4, -0.2) is 36.2 Å². The molecule has 0 bridgehead atoms. The largest absolute Gasteiger partial charge is 0.508 e. The monoisotopic (exact) mass is 318 g/mol. The molecule has 0 spiro atoms. The maximum absolute atomic E-state index is 10.2. The number of phenols is 1. The first-order chi connectivity index (χ1) is 8.75. The van der Waals surface area contributed by atoms with E-state index in [0.717, 1.165) is 43.2 Å². The van der Waals surface area contributed by atoms with Gasteiger partial charge in [-0.2, -0.15) is 0 Å². The van der Waals surface area contributed by atoms with Gasteiger partial charge in [0.15, 0.2) is 0 Å². The van der Waals surface area contributed by atoms with Gasteiger partial charge in [0.1, 0.15) is 5.75 Å². The molecule has 1 aliphatic carbocycles. The second-order valence-corrected chi connectivity index (χ2v) is 5.63. The lowest BCUT2D eigenvalue weighted by Gasteiger charge is -2.35. The number of aromatic hydroxyl groups is 1. The van der Waals surface area contributed by atoms with E-state index in [1.807, 2.05) is 13.0 Å². The van der Waals surface area contributed by atoms with E-state index in [0.29, 0.717) is 11.8 Å². The number of nitrogens with zero attached hydrogens (tertiary/aromatic N) is 1. The highest BCUT2D eigenvalue weighted by atomic mass is 35.5. The average Bonchev–Trinajstić information content (AvgIpc) is 3.18. The van der Waals surface area contributed by atoms with Crippen molar-refractivity contribution in [3.63, 3.8) is 0 Å². The molecule has 0 radical (unpaired) electrons. The van der Waals surface area contributed by atoms with Crippen LogP contribution in [0.4, 0.5) is 0 Å². The van der Waals surface area contributed by atoms with Gasteiger partial charge in [-0.05, 0) is 37.3 Å². The highest BCUT2D eigenvalue weighted by Gasteiger charge is 2.37. The van der Waals surface area contributed by atoms with Gasteiger partial charge in [0, 0.05) is 37.8 Å². The third kappa shape index (κ3) is 3.79. The Hall–Kier alpha value is -0.480. The molecule has 114 valence electrons. The van der Waals surface area contributed by atoms with Gasteiger partial charge < -0.3 is 10.4 Å². The van der Waals surface area contributed by atoms with E-state index in [1.165, 1.54) is 12.8 Å². The summed E-state index contributed by atoms with van der Waals surface area (Å²) in [7, 11) is 0. The van der Waals surface area contributed by atoms with E-state index in [-0.39, 0.29) is 24.8 Å². The van der Waals surface area contributed by atoms with Gasteiger partial charge in [0.05, 0.1) is 0 Å². The fraction of sp³-hybridized carbons (Fsp3) is 0.600. The fourth-order valence-corrected chi connectivity index (χ4v) is 3.02. The summed E-state index contributed by atoms with van der Waals surface area (Å²) in [6.45, 7) is 6.34. The number of benzene rings is 1. The number of hydrogen-bond donors (Lipinski definition) is 2. The van der Waals surface area contributed by atoms with Gasteiger partial charge >= 0.3 is 0 Å². The lowest BCUT2D eigenvalue weighted by atomic mass is 9.97. The van der Waals surface area contributed by atoms with E-state index in [1.54, 1.807) is 0 Å². The Kier molecular flexibility index (Phi) is 6.59. The van der Waals surface area contributed by atoms with Gasteiger partial charge in [0.25, 0.3) is 0 Å². The van der Waals surface area contributed by atoms with Gasteiger partial charge in [0.2, 0.25) is 0 Å². The van der Waals surface area contributed by atoms with E-state index in [9.17, 15) is 5.11 Å². The topological polar surface area (TPSA) is 35.5 Å². The molecule has 0 aromatic heterocycles. The molecule has 0 unspecified atom stereocenters. The van der Waals surface area contributed by atoms with Crippen LogP contribution in [0.1, 0.15) is 30.0 Å². The molecule has 1 saturated heterocycles. The summed E-state index contributed by atoms with van der Waals surface area (Å²) in [5, 5.41) is 13.6. The minimum absolute atomic E-state index is 0. The maximum atomic E-state index is 10.2. The number of hydrogen-bond acceptors (Lipinski definition) is 3. The van der Waals surface area contributed by atoms with Crippen LogP contribution >= 0.6 is 24.8 Å². The summed E-state index contributed by atoms with van der Waals surface area (Å²) < 4.78 is 0. The molecule has 20 heavy (non-hydrogen) atoms. The van der Waals surface area contributed by atoms with Crippen LogP contribution in [0.3, 0.4) is 0 Å². The van der Waals surface area contributed by atoms with Crippen molar-refractivity contribution in [2.75, 3.05) is 26.2 Å². The summed E-state index contributed by atoms with van der Waals surface area (Å²) in [5.41, 5.74) is 2.26. The molecule has 2 aliphatic rings. The van der Waals surface area contributed by atoms with Crippen LogP contribution in [0.2, 0.25) is 0 Å². The van der Waals surface area contributed by atoms with E-state index >= 15 is 0 Å². The highest BCUT2D eigenvalue weighted by molar-refractivity contribution is 5.85. The summed E-state index contributed by atoms with van der Waals surface area (Å²) in [6.07, 6.45) is 2.61. The van der Waals surface area contributed by atoms with Crippen LogP contribution < -0.4 is 5.32 Å². The molecule has 1 atom stereocenters. The van der Waals surface area contributed by atoms with Gasteiger partial charge in [-0.25, -0.2) is 0 Å². The third-order valence-corrected chi connectivity index (χ3v) is 4.12. The predicted molar refractivity (Wildman–Crippen MR) is 87.2 cm³/mol. The van der Waals surface area contributed by atoms with Crippen molar-refractivity contribution in [1.29, 1.82) is 0 Å². The first-order valence-electron chi connectivity index (χ1n) is 7.00. The van der Waals surface area contributed by atoms with Gasteiger partial charge in [-0.15, -0.1) is 24.8 Å². The Labute approximate surface area is 133 Å². The number of phenolic OH excluding ortho intramolecular Hbond substituents is 1. The molecular formula is C15H24Cl2N2O. The van der Waals surface area contributed by atoms with Crippen LogP contribution in [0.25, 0.3) is 0 Å². The molecular weight excluding hydrogens is 295 g/mol. The smallest absolute Gasteiger partial charge is 0.120 e. The summed E-state index contributed by atoms with van der Waals surface area (Å²) in [5.74, 6) is 1.22. The molecule has 3 rings (SSSR count). The van der Waals surface area contributed by atoms with Crippen molar-refractivity contribution in [1.82, 2.24) is 10.2 Å². The minimum Gasteiger partial charge on any atom is -0.508 e. The lowest BCUT2D eigenvalue weighted by molar-refractivity contribution is 0.153. The second-order valence-electron chi connectivity index (χ2n) is 5.63. The zero-order valence-electron chi connectivity index (χ0n) is 11.8. The highest BCUT2D eigenvalue weighted by Crippen LogP contribution is 2.46. The van der Waals surface area contributed by atoms with Gasteiger partial charge in [-0.3, -0.25) is 4.90 Å². The maximum Gasteiger partial charge on any atom is 0.120 e. The number of nitrogens with one attached hydrogen (secondary N) is 1. The molecule has 1 aromatic rings. The zero-order valence-corrected chi connectivity index (χ0v) is 13.5. The zero-order chi connectivity index (χ0) is 12.5. The Morgan fingerprint density at radius 1 is 1.20 bits per heavy atom. The average molecular weight is 319 g/mol. The molecule has 1 aromatic carbocycles. The lowest BCUT2D eigenvalue weighted by Crippen LogP contribution is -2.45. The van der Waals surface area contributed by atoms with Crippen molar-refractivity contribution in [2.45, 2.75) is 25.8 Å². The fourth-order valence-electron chi connectivity index (χ4n) is 3.02.